The Morgan fingerprint density at radius 2 is 1.94 bits per heavy atom. The molecule has 0 bridgehead atoms. The number of hydrogen-bond acceptors (Lipinski definition) is 8. The Morgan fingerprint density at radius 3 is 2.45 bits per heavy atom. The van der Waals surface area contributed by atoms with E-state index >= 15 is 0 Å². The third-order valence-corrected chi connectivity index (χ3v) is 6.14. The number of hydrogen-bond donors (Lipinski definition) is 4. The fourth-order valence-electron chi connectivity index (χ4n) is 4.65. The second kappa shape index (κ2) is 9.76. The van der Waals surface area contributed by atoms with Gasteiger partial charge in [-0.1, -0.05) is 12.7 Å². The van der Waals surface area contributed by atoms with Gasteiger partial charge in [-0.25, -0.2) is 9.59 Å². The van der Waals surface area contributed by atoms with E-state index in [2.05, 4.69) is 6.58 Å². The van der Waals surface area contributed by atoms with E-state index in [-0.39, 0.29) is 24.0 Å². The van der Waals surface area contributed by atoms with Gasteiger partial charge in [-0.05, 0) is 43.8 Å². The zero-order valence-electron chi connectivity index (χ0n) is 17.9. The first kappa shape index (κ1) is 24.8. The van der Waals surface area contributed by atoms with Crippen molar-refractivity contribution in [3.05, 3.63) is 35.5 Å². The zero-order valence-corrected chi connectivity index (χ0v) is 17.9. The summed E-state index contributed by atoms with van der Waals surface area (Å²) in [5.41, 5.74) is -0.997. The predicted octanol–water partition coefficient (Wildman–Crippen LogP) is 0.735. The molecule has 0 saturated heterocycles. The smallest absolute Gasteiger partial charge is 0.336 e. The zero-order chi connectivity index (χ0) is 23.5. The van der Waals surface area contributed by atoms with Crippen LogP contribution in [0.1, 0.15) is 33.6 Å². The van der Waals surface area contributed by atoms with Crippen molar-refractivity contribution in [1.82, 2.24) is 0 Å². The highest BCUT2D eigenvalue weighted by molar-refractivity contribution is 5.89. The van der Waals surface area contributed by atoms with Crippen LogP contribution in [-0.2, 0) is 23.9 Å². The lowest BCUT2D eigenvalue weighted by Crippen LogP contribution is -2.56. The van der Waals surface area contributed by atoms with E-state index in [9.17, 15) is 29.7 Å². The second-order valence-electron chi connectivity index (χ2n) is 8.36. The van der Waals surface area contributed by atoms with Crippen LogP contribution in [0.15, 0.2) is 35.5 Å². The minimum atomic E-state index is -1.36. The van der Waals surface area contributed by atoms with E-state index in [1.54, 1.807) is 19.9 Å². The summed E-state index contributed by atoms with van der Waals surface area (Å²) in [6.07, 6.45) is 1.49. The summed E-state index contributed by atoms with van der Waals surface area (Å²) in [5, 5.41) is 39.2. The van der Waals surface area contributed by atoms with Crippen LogP contribution in [0, 0.1) is 17.8 Å². The van der Waals surface area contributed by atoms with E-state index in [4.69, 9.17) is 14.6 Å². The molecule has 6 atom stereocenters. The summed E-state index contributed by atoms with van der Waals surface area (Å²) in [4.78, 5) is 35.7. The Morgan fingerprint density at radius 1 is 1.29 bits per heavy atom. The van der Waals surface area contributed by atoms with Gasteiger partial charge in [-0.2, -0.15) is 0 Å². The maximum Gasteiger partial charge on any atom is 0.336 e. The molecule has 0 unspecified atom stereocenters. The van der Waals surface area contributed by atoms with Crippen molar-refractivity contribution >= 4 is 17.9 Å². The third-order valence-electron chi connectivity index (χ3n) is 6.14. The Hall–Kier alpha value is -2.49. The summed E-state index contributed by atoms with van der Waals surface area (Å²) in [6.45, 7) is 7.15. The van der Waals surface area contributed by atoms with Crippen LogP contribution in [0.2, 0.25) is 0 Å². The number of fused-ring (bicyclic) bond motifs is 1. The molecule has 172 valence electrons. The first-order valence-corrected chi connectivity index (χ1v) is 10.0. The number of rotatable bonds is 7. The van der Waals surface area contributed by atoms with Gasteiger partial charge in [0.05, 0.1) is 24.4 Å². The number of carbonyl (C=O) groups is 3. The van der Waals surface area contributed by atoms with Gasteiger partial charge in [0.15, 0.2) is 0 Å². The summed E-state index contributed by atoms with van der Waals surface area (Å²) >= 11 is 0. The second-order valence-corrected chi connectivity index (χ2v) is 8.36. The van der Waals surface area contributed by atoms with Crippen molar-refractivity contribution in [1.29, 1.82) is 0 Å². The lowest BCUT2D eigenvalue weighted by molar-refractivity contribution is -0.172. The lowest BCUT2D eigenvalue weighted by atomic mass is 9.57. The molecule has 4 N–H and O–H groups in total. The molecular formula is C22H30O9. The molecule has 0 spiro atoms. The topological polar surface area (TPSA) is 151 Å². The molecule has 1 fully saturated rings. The monoisotopic (exact) mass is 438 g/mol. The molecule has 9 heteroatoms. The molecule has 0 amide bonds. The number of esters is 2. The van der Waals surface area contributed by atoms with Crippen LogP contribution >= 0.6 is 0 Å². The highest BCUT2D eigenvalue weighted by Gasteiger charge is 2.54. The number of aliphatic hydroxyl groups excluding tert-OH is 2. The Bertz CT molecular complexity index is 808. The third kappa shape index (κ3) is 5.41. The molecule has 2 aliphatic rings. The van der Waals surface area contributed by atoms with Gasteiger partial charge in [0.25, 0.3) is 0 Å². The van der Waals surface area contributed by atoms with Gasteiger partial charge in [-0.3, -0.25) is 4.79 Å². The van der Waals surface area contributed by atoms with Crippen molar-refractivity contribution in [3.63, 3.8) is 0 Å². The highest BCUT2D eigenvalue weighted by Crippen LogP contribution is 2.51. The molecule has 0 radical (unpaired) electrons. The van der Waals surface area contributed by atoms with E-state index < -0.39 is 66.7 Å². The highest BCUT2D eigenvalue weighted by atomic mass is 16.5. The Kier molecular flexibility index (Phi) is 7.80. The van der Waals surface area contributed by atoms with Crippen molar-refractivity contribution in [2.75, 3.05) is 13.2 Å². The molecule has 1 saturated carbocycles. The van der Waals surface area contributed by atoms with Crippen LogP contribution in [0.25, 0.3) is 0 Å². The minimum absolute atomic E-state index is 0.0750. The van der Waals surface area contributed by atoms with Crippen LogP contribution in [0.3, 0.4) is 0 Å². The Balaban J connectivity index is 2.47. The van der Waals surface area contributed by atoms with E-state index in [1.165, 1.54) is 6.92 Å². The number of aliphatic carboxylic acids is 1. The van der Waals surface area contributed by atoms with Crippen molar-refractivity contribution < 1.29 is 44.3 Å². The minimum Gasteiger partial charge on any atom is -0.478 e. The fourth-order valence-corrected chi connectivity index (χ4v) is 4.65. The van der Waals surface area contributed by atoms with E-state index in [0.717, 1.165) is 6.08 Å². The van der Waals surface area contributed by atoms with Crippen LogP contribution in [-0.4, -0.2) is 69.4 Å². The molecule has 2 rings (SSSR count). The lowest BCUT2D eigenvalue weighted by Gasteiger charge is -2.52. The molecular weight excluding hydrogens is 408 g/mol. The van der Waals surface area contributed by atoms with Gasteiger partial charge in [0.2, 0.25) is 0 Å². The number of carbonyl (C=O) groups excluding carboxylic acids is 2. The van der Waals surface area contributed by atoms with E-state index in [0.29, 0.717) is 5.57 Å². The normalized spacial score (nSPS) is 33.0. The standard InChI is InChI=1S/C22H30O9/c1-11-7-15-16(8-17(11)30-13(3)25)22(4,29)9-18(19(15)12(2)20(26)27)31-21(28)14(10-24)5-6-23/h5,7,15-19,23-24,29H,2,6,8-10H2,1,3-4H3,(H,26,27)/b14-5+/t15-,16-,17-,18-,19+,22-/m0/s1. The maximum absolute atomic E-state index is 12.5. The Labute approximate surface area is 180 Å². The van der Waals surface area contributed by atoms with Crippen LogP contribution < -0.4 is 0 Å². The van der Waals surface area contributed by atoms with Crippen molar-refractivity contribution in [3.8, 4) is 0 Å². The average Bonchev–Trinajstić information content (AvgIpc) is 2.66. The number of carboxylic acids is 1. The summed E-state index contributed by atoms with van der Waals surface area (Å²) < 4.78 is 10.9. The molecule has 0 aromatic rings. The first-order chi connectivity index (χ1) is 14.4. The molecule has 0 heterocycles. The molecule has 31 heavy (non-hydrogen) atoms. The van der Waals surface area contributed by atoms with E-state index in [1.807, 2.05) is 0 Å². The number of carboxylic acid groups (broad SMARTS) is 1. The SMILES string of the molecule is C=C(C(=O)O)[C@@H]1[C@H]2C=C(C)[C@@H](OC(C)=O)C[C@@H]2[C@@](C)(O)C[C@@H]1OC(=O)/C(=C/CO)CO. The maximum atomic E-state index is 12.5. The van der Waals surface area contributed by atoms with Gasteiger partial charge in [0, 0.05) is 24.8 Å². The van der Waals surface area contributed by atoms with Gasteiger partial charge >= 0.3 is 17.9 Å². The summed E-state index contributed by atoms with van der Waals surface area (Å²) in [7, 11) is 0. The average molecular weight is 438 g/mol. The van der Waals surface area contributed by atoms with Crippen molar-refractivity contribution in [2.24, 2.45) is 17.8 Å². The van der Waals surface area contributed by atoms with Crippen molar-refractivity contribution in [2.45, 2.75) is 51.4 Å². The first-order valence-electron chi connectivity index (χ1n) is 10.0. The largest absolute Gasteiger partial charge is 0.478 e. The predicted molar refractivity (Wildman–Crippen MR) is 109 cm³/mol. The quantitative estimate of drug-likeness (QED) is 0.256. The van der Waals surface area contributed by atoms with Crippen LogP contribution in [0.4, 0.5) is 0 Å². The summed E-state index contributed by atoms with van der Waals surface area (Å²) in [5.74, 6) is -4.47. The summed E-state index contributed by atoms with van der Waals surface area (Å²) in [6, 6.07) is 0. The number of ether oxygens (including phenoxy) is 2. The van der Waals surface area contributed by atoms with Crippen LogP contribution in [0.5, 0.6) is 0 Å². The molecule has 0 aliphatic heterocycles. The fraction of sp³-hybridized carbons (Fsp3) is 0.591. The molecule has 0 aromatic carbocycles. The van der Waals surface area contributed by atoms with Gasteiger partial charge in [-0.15, -0.1) is 0 Å². The number of aliphatic hydroxyl groups is 3. The molecule has 2 aliphatic carbocycles. The number of allylic oxidation sites excluding steroid dienone is 1. The molecule has 0 aromatic heterocycles. The molecule has 9 nitrogen and oxygen atoms in total. The van der Waals surface area contributed by atoms with Gasteiger partial charge in [0.1, 0.15) is 12.2 Å². The van der Waals surface area contributed by atoms with Gasteiger partial charge < -0.3 is 29.9 Å².